The van der Waals surface area contributed by atoms with Gasteiger partial charge in [-0.15, -0.1) is 11.3 Å². The van der Waals surface area contributed by atoms with Gasteiger partial charge in [-0.3, -0.25) is 4.79 Å². The molecule has 0 atom stereocenters. The van der Waals surface area contributed by atoms with Gasteiger partial charge in [-0.1, -0.05) is 6.07 Å². The lowest BCUT2D eigenvalue weighted by atomic mass is 10.2. The fourth-order valence-corrected chi connectivity index (χ4v) is 2.65. The second-order valence-corrected chi connectivity index (χ2v) is 6.11. The van der Waals surface area contributed by atoms with E-state index in [2.05, 4.69) is 22.0 Å². The highest BCUT2D eigenvalue weighted by molar-refractivity contribution is 9.10. The Kier molecular flexibility index (Phi) is 4.61. The minimum absolute atomic E-state index is 0.0810. The smallest absolute Gasteiger partial charge is 0.253 e. The van der Waals surface area contributed by atoms with E-state index in [0.29, 0.717) is 16.6 Å². The van der Waals surface area contributed by atoms with Crippen molar-refractivity contribution in [2.45, 2.75) is 6.42 Å². The van der Waals surface area contributed by atoms with Crippen LogP contribution < -0.4 is 0 Å². The zero-order valence-electron chi connectivity index (χ0n) is 10.5. The van der Waals surface area contributed by atoms with Crippen LogP contribution >= 0.6 is 27.3 Å². The van der Waals surface area contributed by atoms with E-state index in [0.717, 1.165) is 6.42 Å². The molecule has 100 valence electrons. The number of thiophene rings is 1. The van der Waals surface area contributed by atoms with Crippen molar-refractivity contribution in [3.63, 3.8) is 0 Å². The zero-order valence-corrected chi connectivity index (χ0v) is 12.9. The van der Waals surface area contributed by atoms with Crippen LogP contribution in [0, 0.1) is 0 Å². The van der Waals surface area contributed by atoms with Crippen LogP contribution in [0.4, 0.5) is 0 Å². The molecule has 1 aromatic carbocycles. The molecule has 0 bridgehead atoms. The fourth-order valence-electron chi connectivity index (χ4n) is 1.70. The Hall–Kier alpha value is -1.33. The number of aromatic hydroxyl groups is 1. The van der Waals surface area contributed by atoms with Crippen molar-refractivity contribution in [2.24, 2.45) is 0 Å². The summed E-state index contributed by atoms with van der Waals surface area (Å²) in [5.74, 6) is -0.00290. The van der Waals surface area contributed by atoms with Gasteiger partial charge in [-0.25, -0.2) is 0 Å². The Morgan fingerprint density at radius 2 is 2.21 bits per heavy atom. The summed E-state index contributed by atoms with van der Waals surface area (Å²) in [5.41, 5.74) is 0.495. The minimum atomic E-state index is -0.0839. The van der Waals surface area contributed by atoms with Crippen molar-refractivity contribution in [3.8, 4) is 5.75 Å². The number of carbonyl (C=O) groups excluding carboxylic acids is 1. The van der Waals surface area contributed by atoms with Gasteiger partial charge in [0.2, 0.25) is 0 Å². The highest BCUT2D eigenvalue weighted by Gasteiger charge is 2.13. The molecule has 3 nitrogen and oxygen atoms in total. The molecular weight excluding hydrogens is 326 g/mol. The van der Waals surface area contributed by atoms with Gasteiger partial charge in [0.15, 0.2) is 0 Å². The van der Waals surface area contributed by atoms with Gasteiger partial charge in [0.25, 0.3) is 5.91 Å². The van der Waals surface area contributed by atoms with Gasteiger partial charge in [-0.05, 0) is 52.0 Å². The number of hydrogen-bond acceptors (Lipinski definition) is 3. The lowest BCUT2D eigenvalue weighted by Gasteiger charge is -2.17. The van der Waals surface area contributed by atoms with E-state index < -0.39 is 0 Å². The molecule has 0 radical (unpaired) electrons. The average molecular weight is 340 g/mol. The first-order chi connectivity index (χ1) is 9.08. The number of nitrogens with zero attached hydrogens (tertiary/aromatic N) is 1. The van der Waals surface area contributed by atoms with Crippen LogP contribution in [0.2, 0.25) is 0 Å². The van der Waals surface area contributed by atoms with E-state index in [1.165, 1.54) is 10.9 Å². The third-order valence-corrected chi connectivity index (χ3v) is 4.42. The van der Waals surface area contributed by atoms with Crippen molar-refractivity contribution in [2.75, 3.05) is 13.6 Å². The molecule has 0 aliphatic carbocycles. The molecule has 0 spiro atoms. The maximum absolute atomic E-state index is 12.2. The Balaban J connectivity index is 2.00. The maximum Gasteiger partial charge on any atom is 0.253 e. The summed E-state index contributed by atoms with van der Waals surface area (Å²) in [4.78, 5) is 15.1. The van der Waals surface area contributed by atoms with Gasteiger partial charge in [-0.2, -0.15) is 0 Å². The van der Waals surface area contributed by atoms with Gasteiger partial charge in [0, 0.05) is 24.0 Å². The average Bonchev–Trinajstić information content (AvgIpc) is 2.91. The molecule has 2 rings (SSSR count). The predicted octanol–water partition coefficient (Wildman–Crippen LogP) is 3.53. The van der Waals surface area contributed by atoms with Crippen molar-refractivity contribution < 1.29 is 9.90 Å². The number of phenols is 1. The number of hydrogen-bond donors (Lipinski definition) is 1. The van der Waals surface area contributed by atoms with Crippen molar-refractivity contribution in [1.29, 1.82) is 0 Å². The van der Waals surface area contributed by atoms with Crippen LogP contribution in [0.25, 0.3) is 0 Å². The Labute approximate surface area is 124 Å². The third-order valence-electron chi connectivity index (χ3n) is 2.81. The molecule has 0 unspecified atom stereocenters. The van der Waals surface area contributed by atoms with Gasteiger partial charge in [0.1, 0.15) is 5.75 Å². The number of rotatable bonds is 4. The van der Waals surface area contributed by atoms with Gasteiger partial charge < -0.3 is 10.0 Å². The predicted molar refractivity (Wildman–Crippen MR) is 80.8 cm³/mol. The minimum Gasteiger partial charge on any atom is -0.507 e. The molecule has 1 aromatic heterocycles. The quantitative estimate of drug-likeness (QED) is 0.925. The van der Waals surface area contributed by atoms with Crippen molar-refractivity contribution in [1.82, 2.24) is 4.90 Å². The number of halogens is 1. The van der Waals surface area contributed by atoms with E-state index in [4.69, 9.17) is 0 Å². The number of amides is 1. The van der Waals surface area contributed by atoms with Crippen LogP contribution in [0.1, 0.15) is 15.2 Å². The summed E-state index contributed by atoms with van der Waals surface area (Å²) >= 11 is 4.89. The van der Waals surface area contributed by atoms with E-state index in [1.807, 2.05) is 11.4 Å². The van der Waals surface area contributed by atoms with Gasteiger partial charge >= 0.3 is 0 Å². The molecule has 1 amide bonds. The highest BCUT2D eigenvalue weighted by Crippen LogP contribution is 2.24. The SMILES string of the molecule is CN(CCc1cccs1)C(=O)c1ccc(Br)c(O)c1. The Morgan fingerprint density at radius 1 is 1.42 bits per heavy atom. The van der Waals surface area contributed by atoms with Crippen LogP contribution in [0.3, 0.4) is 0 Å². The topological polar surface area (TPSA) is 40.5 Å². The molecule has 0 aliphatic heterocycles. The third kappa shape index (κ3) is 3.58. The summed E-state index contributed by atoms with van der Waals surface area (Å²) < 4.78 is 0.588. The van der Waals surface area contributed by atoms with E-state index >= 15 is 0 Å². The standard InChI is InChI=1S/C14H14BrNO2S/c1-16(7-6-11-3-2-8-19-11)14(18)10-4-5-12(15)13(17)9-10/h2-5,8-9,17H,6-7H2,1H3. The fraction of sp³-hybridized carbons (Fsp3) is 0.214. The van der Waals surface area contributed by atoms with E-state index in [-0.39, 0.29) is 11.7 Å². The molecule has 0 saturated heterocycles. The Morgan fingerprint density at radius 3 is 2.84 bits per heavy atom. The van der Waals surface area contributed by atoms with E-state index in [9.17, 15) is 9.90 Å². The highest BCUT2D eigenvalue weighted by atomic mass is 79.9. The molecule has 2 aromatic rings. The summed E-state index contributed by atoms with van der Waals surface area (Å²) in [6.07, 6.45) is 0.850. The van der Waals surface area contributed by atoms with Gasteiger partial charge in [0.05, 0.1) is 4.47 Å². The second-order valence-electron chi connectivity index (χ2n) is 4.22. The van der Waals surface area contributed by atoms with E-state index in [1.54, 1.807) is 35.4 Å². The van der Waals surface area contributed by atoms with Crippen molar-refractivity contribution >= 4 is 33.2 Å². The summed E-state index contributed by atoms with van der Waals surface area (Å²) in [5, 5.41) is 11.6. The number of phenolic OH excluding ortho intramolecular Hbond substituents is 1. The normalized spacial score (nSPS) is 10.4. The van der Waals surface area contributed by atoms with Crippen LogP contribution in [-0.2, 0) is 6.42 Å². The van der Waals surface area contributed by atoms with Crippen LogP contribution in [-0.4, -0.2) is 29.5 Å². The first-order valence-electron chi connectivity index (χ1n) is 5.84. The largest absolute Gasteiger partial charge is 0.507 e. The molecule has 1 heterocycles. The molecular formula is C14H14BrNO2S. The lowest BCUT2D eigenvalue weighted by molar-refractivity contribution is 0.0796. The molecule has 0 aliphatic rings. The van der Waals surface area contributed by atoms with Crippen molar-refractivity contribution in [3.05, 3.63) is 50.6 Å². The maximum atomic E-state index is 12.2. The monoisotopic (exact) mass is 339 g/mol. The molecule has 0 fully saturated rings. The molecule has 5 heteroatoms. The van der Waals surface area contributed by atoms with Crippen LogP contribution in [0.5, 0.6) is 5.75 Å². The molecule has 19 heavy (non-hydrogen) atoms. The number of benzene rings is 1. The number of carbonyl (C=O) groups is 1. The van der Waals surface area contributed by atoms with Crippen LogP contribution in [0.15, 0.2) is 40.2 Å². The summed E-state index contributed by atoms with van der Waals surface area (Å²) in [6, 6.07) is 8.93. The summed E-state index contributed by atoms with van der Waals surface area (Å²) in [6.45, 7) is 0.663. The molecule has 0 saturated carbocycles. The first-order valence-corrected chi connectivity index (χ1v) is 7.51. The first kappa shape index (κ1) is 14.1. The second kappa shape index (κ2) is 6.21. The Bertz CT molecular complexity index is 569. The number of likely N-dealkylation sites (N-methyl/N-ethyl adjacent to an activating group) is 1. The summed E-state index contributed by atoms with van der Waals surface area (Å²) in [7, 11) is 1.77. The molecule has 1 N–H and O–H groups in total. The lowest BCUT2D eigenvalue weighted by Crippen LogP contribution is -2.28. The zero-order chi connectivity index (χ0) is 13.8.